The SMILES string of the molecule is COC1CCN([C@H]2CCCC2Nc2ncc(C(F)(F)F)c(-c3c[nH]c4nc(-c5c(C)noc5C)ccc34)n2)C1. The molecule has 9 nitrogen and oxygen atoms in total. The largest absolute Gasteiger partial charge is 0.419 e. The van der Waals surface area contributed by atoms with Crippen LogP contribution in [0.15, 0.2) is 29.0 Å². The average Bonchev–Trinajstić information content (AvgIpc) is 3.70. The van der Waals surface area contributed by atoms with Gasteiger partial charge in [0.1, 0.15) is 17.0 Å². The first kappa shape index (κ1) is 25.8. The second-order valence-corrected chi connectivity index (χ2v) is 10.3. The first-order chi connectivity index (χ1) is 18.7. The van der Waals surface area contributed by atoms with Crippen LogP contribution < -0.4 is 5.32 Å². The Morgan fingerprint density at radius 3 is 2.72 bits per heavy atom. The summed E-state index contributed by atoms with van der Waals surface area (Å²) in [7, 11) is 1.73. The van der Waals surface area contributed by atoms with E-state index in [9.17, 15) is 13.2 Å². The highest BCUT2D eigenvalue weighted by Crippen LogP contribution is 2.39. The predicted octanol–water partition coefficient (Wildman–Crippen LogP) is 5.36. The number of pyridine rings is 1. The number of halogens is 3. The first-order valence-corrected chi connectivity index (χ1v) is 13.1. The van der Waals surface area contributed by atoms with Crippen molar-refractivity contribution in [2.24, 2.45) is 0 Å². The van der Waals surface area contributed by atoms with Crippen molar-refractivity contribution in [3.63, 3.8) is 0 Å². The van der Waals surface area contributed by atoms with Gasteiger partial charge in [0.2, 0.25) is 5.95 Å². The van der Waals surface area contributed by atoms with E-state index in [1.807, 2.05) is 6.92 Å². The van der Waals surface area contributed by atoms with E-state index >= 15 is 0 Å². The van der Waals surface area contributed by atoms with Crippen molar-refractivity contribution in [2.75, 3.05) is 25.5 Å². The van der Waals surface area contributed by atoms with E-state index in [2.05, 4.69) is 35.3 Å². The molecule has 0 amide bonds. The molecule has 4 aromatic rings. The number of likely N-dealkylation sites (tertiary alicyclic amines) is 1. The van der Waals surface area contributed by atoms with Crippen LogP contribution in [0, 0.1) is 13.8 Å². The maximum atomic E-state index is 14.1. The molecule has 6 rings (SSSR count). The Hall–Kier alpha value is -3.51. The number of hydrogen-bond acceptors (Lipinski definition) is 8. The Balaban J connectivity index is 1.34. The van der Waals surface area contributed by atoms with E-state index in [1.54, 1.807) is 26.2 Å². The van der Waals surface area contributed by atoms with E-state index in [0.29, 0.717) is 33.7 Å². The second kappa shape index (κ2) is 9.91. The van der Waals surface area contributed by atoms with Crippen molar-refractivity contribution in [3.05, 3.63) is 41.5 Å². The van der Waals surface area contributed by atoms with E-state index in [0.717, 1.165) is 50.5 Å². The lowest BCUT2D eigenvalue weighted by molar-refractivity contribution is -0.137. The number of fused-ring (bicyclic) bond motifs is 1. The van der Waals surface area contributed by atoms with Gasteiger partial charge >= 0.3 is 6.18 Å². The zero-order chi connectivity index (χ0) is 27.3. The van der Waals surface area contributed by atoms with Gasteiger partial charge in [0.05, 0.1) is 28.7 Å². The molecular formula is C27H30F3N7O2. The van der Waals surface area contributed by atoms with E-state index in [4.69, 9.17) is 9.26 Å². The number of rotatable bonds is 6. The molecule has 12 heteroatoms. The van der Waals surface area contributed by atoms with E-state index in [-0.39, 0.29) is 29.8 Å². The number of ether oxygens (including phenoxy) is 1. The summed E-state index contributed by atoms with van der Waals surface area (Å²) < 4.78 is 53.0. The highest BCUT2D eigenvalue weighted by molar-refractivity contribution is 5.94. The van der Waals surface area contributed by atoms with Gasteiger partial charge in [0, 0.05) is 55.6 Å². The molecule has 5 heterocycles. The Morgan fingerprint density at radius 1 is 1.15 bits per heavy atom. The van der Waals surface area contributed by atoms with Gasteiger partial charge in [0.25, 0.3) is 0 Å². The van der Waals surface area contributed by atoms with Gasteiger partial charge in [-0.25, -0.2) is 15.0 Å². The predicted molar refractivity (Wildman–Crippen MR) is 139 cm³/mol. The van der Waals surface area contributed by atoms with Crippen molar-refractivity contribution in [3.8, 4) is 22.5 Å². The van der Waals surface area contributed by atoms with Gasteiger partial charge in [-0.2, -0.15) is 13.2 Å². The molecule has 0 radical (unpaired) electrons. The van der Waals surface area contributed by atoms with Crippen LogP contribution in [0.3, 0.4) is 0 Å². The third-order valence-electron chi connectivity index (χ3n) is 7.95. The van der Waals surface area contributed by atoms with Crippen LogP contribution in [0.2, 0.25) is 0 Å². The average molecular weight is 542 g/mol. The Bertz CT molecular complexity index is 1480. The monoisotopic (exact) mass is 541 g/mol. The zero-order valence-corrected chi connectivity index (χ0v) is 22.0. The summed E-state index contributed by atoms with van der Waals surface area (Å²) in [6, 6.07) is 3.82. The van der Waals surface area contributed by atoms with Gasteiger partial charge < -0.3 is 19.6 Å². The van der Waals surface area contributed by atoms with Crippen LogP contribution in [0.25, 0.3) is 33.5 Å². The van der Waals surface area contributed by atoms with Crippen LogP contribution in [0.5, 0.6) is 0 Å². The maximum Gasteiger partial charge on any atom is 0.419 e. The molecule has 4 aromatic heterocycles. The van der Waals surface area contributed by atoms with Crippen molar-refractivity contribution < 1.29 is 22.4 Å². The lowest BCUT2D eigenvalue weighted by Crippen LogP contribution is -2.43. The minimum absolute atomic E-state index is 0.0486. The fourth-order valence-electron chi connectivity index (χ4n) is 6.01. The van der Waals surface area contributed by atoms with Gasteiger partial charge in [0.15, 0.2) is 0 Å². The number of aryl methyl sites for hydroxylation is 2. The third-order valence-corrected chi connectivity index (χ3v) is 7.95. The van der Waals surface area contributed by atoms with E-state index < -0.39 is 11.7 Å². The number of nitrogens with one attached hydrogen (secondary N) is 2. The standard InChI is InChI=1S/C27H30F3N7O2/c1-14-23(15(2)39-36-14)21-8-7-17-18(11-31-25(17)33-21)24-19(27(28,29)30)12-32-26(35-24)34-20-5-4-6-22(20)37-10-9-16(13-37)38-3/h7-8,11-12,16,20,22H,4-6,9-10,13H2,1-3H3,(H,31,33)(H,32,34,35)/t16?,20?,22-/m0/s1. The number of anilines is 1. The van der Waals surface area contributed by atoms with Crippen LogP contribution in [-0.2, 0) is 10.9 Å². The fraction of sp³-hybridized carbons (Fsp3) is 0.481. The quantitative estimate of drug-likeness (QED) is 0.336. The van der Waals surface area contributed by atoms with Gasteiger partial charge in [-0.3, -0.25) is 4.90 Å². The molecule has 206 valence electrons. The summed E-state index contributed by atoms with van der Waals surface area (Å²) in [6.45, 7) is 5.41. The number of aromatic nitrogens is 5. The molecule has 0 aromatic carbocycles. The van der Waals surface area contributed by atoms with Gasteiger partial charge in [-0.05, 0) is 51.7 Å². The summed E-state index contributed by atoms with van der Waals surface area (Å²) in [5.41, 5.74) is 1.75. The molecule has 2 N–H and O–H groups in total. The molecule has 2 aliphatic rings. The molecule has 1 aliphatic carbocycles. The number of H-pyrrole nitrogens is 1. The lowest BCUT2D eigenvalue weighted by atomic mass is 10.1. The summed E-state index contributed by atoms with van der Waals surface area (Å²) >= 11 is 0. The van der Waals surface area contributed by atoms with Crippen LogP contribution in [0.1, 0.15) is 42.7 Å². The van der Waals surface area contributed by atoms with Crippen LogP contribution in [-0.4, -0.2) is 68.4 Å². The molecule has 39 heavy (non-hydrogen) atoms. The minimum Gasteiger partial charge on any atom is -0.380 e. The molecular weight excluding hydrogens is 511 g/mol. The summed E-state index contributed by atoms with van der Waals surface area (Å²) in [6.07, 6.45) is 1.91. The summed E-state index contributed by atoms with van der Waals surface area (Å²) in [5.74, 6) is 0.806. The molecule has 1 saturated carbocycles. The molecule has 1 saturated heterocycles. The molecule has 0 spiro atoms. The minimum atomic E-state index is -4.62. The fourth-order valence-corrected chi connectivity index (χ4v) is 6.01. The highest BCUT2D eigenvalue weighted by Gasteiger charge is 2.38. The lowest BCUT2D eigenvalue weighted by Gasteiger charge is -2.30. The Labute approximate surface area is 223 Å². The van der Waals surface area contributed by atoms with Crippen molar-refractivity contribution in [1.82, 2.24) is 30.0 Å². The summed E-state index contributed by atoms with van der Waals surface area (Å²) in [5, 5.41) is 7.86. The number of alkyl halides is 3. The molecule has 2 unspecified atom stereocenters. The molecule has 0 bridgehead atoms. The van der Waals surface area contributed by atoms with Gasteiger partial charge in [-0.15, -0.1) is 0 Å². The maximum absolute atomic E-state index is 14.1. The zero-order valence-electron chi connectivity index (χ0n) is 22.0. The number of methoxy groups -OCH3 is 1. The summed E-state index contributed by atoms with van der Waals surface area (Å²) in [4.78, 5) is 18.6. The third kappa shape index (κ3) is 4.76. The van der Waals surface area contributed by atoms with Crippen molar-refractivity contribution in [2.45, 2.75) is 63.9 Å². The smallest absolute Gasteiger partial charge is 0.380 e. The van der Waals surface area contributed by atoms with Crippen LogP contribution in [0.4, 0.5) is 19.1 Å². The molecule has 3 atom stereocenters. The van der Waals surface area contributed by atoms with E-state index in [1.165, 1.54) is 6.20 Å². The first-order valence-electron chi connectivity index (χ1n) is 13.1. The number of hydrogen-bond donors (Lipinski definition) is 2. The molecule has 2 fully saturated rings. The van der Waals surface area contributed by atoms with Crippen molar-refractivity contribution in [1.29, 1.82) is 0 Å². The van der Waals surface area contributed by atoms with Crippen LogP contribution >= 0.6 is 0 Å². The number of aromatic amines is 1. The second-order valence-electron chi connectivity index (χ2n) is 10.3. The topological polar surface area (TPSA) is 105 Å². The highest BCUT2D eigenvalue weighted by atomic mass is 19.4. The van der Waals surface area contributed by atoms with Crippen molar-refractivity contribution >= 4 is 17.0 Å². The number of nitrogens with zero attached hydrogens (tertiary/aromatic N) is 5. The normalized spacial score (nSPS) is 22.3. The Morgan fingerprint density at radius 2 is 2.00 bits per heavy atom. The van der Waals surface area contributed by atoms with Gasteiger partial charge in [-0.1, -0.05) is 5.16 Å². The Kier molecular flexibility index (Phi) is 6.54. The molecule has 1 aliphatic heterocycles.